The van der Waals surface area contributed by atoms with Crippen molar-refractivity contribution in [3.8, 4) is 11.3 Å². The van der Waals surface area contributed by atoms with E-state index in [2.05, 4.69) is 21.4 Å². The van der Waals surface area contributed by atoms with Gasteiger partial charge in [-0.25, -0.2) is 0 Å². The molecule has 0 atom stereocenters. The van der Waals surface area contributed by atoms with Gasteiger partial charge in [-0.3, -0.25) is 14.6 Å². The molecule has 6 nitrogen and oxygen atoms in total. The molecule has 0 aliphatic rings. The standard InChI is InChI=1S/C24H25N5O/c1-17-13-18(2)29(27-17)15-19-9-11-21(12-10-19)24(30)28(3)16-22-14-25-26-23(22)20-7-5-4-6-8-20/h4-14H,15-16H2,1-3H3,(H,25,26). The topological polar surface area (TPSA) is 66.8 Å². The average molecular weight is 399 g/mol. The van der Waals surface area contributed by atoms with Gasteiger partial charge in [-0.15, -0.1) is 0 Å². The number of aromatic amines is 1. The van der Waals surface area contributed by atoms with Crippen molar-refractivity contribution in [3.05, 3.63) is 94.9 Å². The number of hydrogen-bond donors (Lipinski definition) is 1. The Morgan fingerprint density at radius 2 is 1.80 bits per heavy atom. The summed E-state index contributed by atoms with van der Waals surface area (Å²) < 4.78 is 1.97. The van der Waals surface area contributed by atoms with Crippen LogP contribution in [0.5, 0.6) is 0 Å². The maximum atomic E-state index is 12.9. The molecule has 0 bridgehead atoms. The van der Waals surface area contributed by atoms with Crippen LogP contribution in [0.25, 0.3) is 11.3 Å². The molecule has 0 unspecified atom stereocenters. The smallest absolute Gasteiger partial charge is 0.253 e. The first-order valence-corrected chi connectivity index (χ1v) is 9.94. The van der Waals surface area contributed by atoms with Gasteiger partial charge in [0.1, 0.15) is 0 Å². The molecule has 6 heteroatoms. The predicted molar refractivity (Wildman–Crippen MR) is 117 cm³/mol. The van der Waals surface area contributed by atoms with Gasteiger partial charge in [0.15, 0.2) is 0 Å². The zero-order valence-electron chi connectivity index (χ0n) is 17.5. The van der Waals surface area contributed by atoms with E-state index in [1.807, 2.05) is 80.2 Å². The number of benzene rings is 2. The van der Waals surface area contributed by atoms with E-state index in [9.17, 15) is 4.79 Å². The average Bonchev–Trinajstić information content (AvgIpc) is 3.34. The SMILES string of the molecule is Cc1cc(C)n(Cc2ccc(C(=O)N(C)Cc3cn[nH]c3-c3ccccc3)cc2)n1. The molecule has 30 heavy (non-hydrogen) atoms. The normalized spacial score (nSPS) is 10.9. The van der Waals surface area contributed by atoms with Crippen LogP contribution in [0.4, 0.5) is 0 Å². The first-order valence-electron chi connectivity index (χ1n) is 9.94. The van der Waals surface area contributed by atoms with Crippen LogP contribution >= 0.6 is 0 Å². The van der Waals surface area contributed by atoms with Crippen LogP contribution in [-0.4, -0.2) is 37.8 Å². The van der Waals surface area contributed by atoms with Gasteiger partial charge < -0.3 is 4.90 Å². The Morgan fingerprint density at radius 3 is 2.47 bits per heavy atom. The molecule has 4 aromatic rings. The summed E-state index contributed by atoms with van der Waals surface area (Å²) in [5, 5.41) is 11.7. The Bertz CT molecular complexity index is 1140. The van der Waals surface area contributed by atoms with E-state index >= 15 is 0 Å². The highest BCUT2D eigenvalue weighted by Crippen LogP contribution is 2.22. The van der Waals surface area contributed by atoms with Gasteiger partial charge in [-0.1, -0.05) is 42.5 Å². The van der Waals surface area contributed by atoms with Gasteiger partial charge in [-0.2, -0.15) is 10.2 Å². The molecule has 0 saturated heterocycles. The van der Waals surface area contributed by atoms with Gasteiger partial charge in [0, 0.05) is 30.4 Å². The van der Waals surface area contributed by atoms with Crippen LogP contribution in [0.3, 0.4) is 0 Å². The predicted octanol–water partition coefficient (Wildman–Crippen LogP) is 4.21. The lowest BCUT2D eigenvalue weighted by atomic mass is 10.1. The minimum atomic E-state index is -0.0205. The summed E-state index contributed by atoms with van der Waals surface area (Å²) in [4.78, 5) is 14.6. The first kappa shape index (κ1) is 19.6. The number of H-pyrrole nitrogens is 1. The number of aromatic nitrogens is 4. The molecule has 2 heterocycles. The largest absolute Gasteiger partial charge is 0.337 e. The lowest BCUT2D eigenvalue weighted by Gasteiger charge is -2.17. The Morgan fingerprint density at radius 1 is 1.07 bits per heavy atom. The molecule has 0 fully saturated rings. The Balaban J connectivity index is 1.45. The highest BCUT2D eigenvalue weighted by Gasteiger charge is 2.16. The Hall–Kier alpha value is -3.67. The van der Waals surface area contributed by atoms with Crippen molar-refractivity contribution in [2.75, 3.05) is 7.05 Å². The number of nitrogens with one attached hydrogen (secondary N) is 1. The minimum absolute atomic E-state index is 0.0205. The zero-order chi connectivity index (χ0) is 21.1. The van der Waals surface area contributed by atoms with Crippen molar-refractivity contribution in [1.29, 1.82) is 0 Å². The summed E-state index contributed by atoms with van der Waals surface area (Å²) in [5.41, 5.74) is 6.89. The van der Waals surface area contributed by atoms with Crippen molar-refractivity contribution in [1.82, 2.24) is 24.9 Å². The van der Waals surface area contributed by atoms with Crippen molar-refractivity contribution in [2.45, 2.75) is 26.9 Å². The molecule has 0 radical (unpaired) electrons. The second kappa shape index (κ2) is 8.37. The molecule has 2 aromatic carbocycles. The summed E-state index contributed by atoms with van der Waals surface area (Å²) in [6.07, 6.45) is 1.78. The molecule has 2 aromatic heterocycles. The number of hydrogen-bond acceptors (Lipinski definition) is 3. The zero-order valence-corrected chi connectivity index (χ0v) is 17.5. The molecular formula is C24H25N5O. The Kier molecular flexibility index (Phi) is 5.48. The number of aryl methyl sites for hydroxylation is 2. The third-order valence-electron chi connectivity index (χ3n) is 5.17. The third-order valence-corrected chi connectivity index (χ3v) is 5.17. The van der Waals surface area contributed by atoms with Gasteiger partial charge in [-0.05, 0) is 43.2 Å². The lowest BCUT2D eigenvalue weighted by molar-refractivity contribution is 0.0785. The fraction of sp³-hybridized carbons (Fsp3) is 0.208. The summed E-state index contributed by atoms with van der Waals surface area (Å²) >= 11 is 0. The second-order valence-corrected chi connectivity index (χ2v) is 7.58. The van der Waals surface area contributed by atoms with E-state index < -0.39 is 0 Å². The molecule has 4 rings (SSSR count). The quantitative estimate of drug-likeness (QED) is 0.528. The summed E-state index contributed by atoms with van der Waals surface area (Å²) in [6, 6.07) is 19.8. The van der Waals surface area contributed by atoms with Crippen molar-refractivity contribution >= 4 is 5.91 Å². The molecule has 0 aliphatic carbocycles. The van der Waals surface area contributed by atoms with Crippen LogP contribution in [0.2, 0.25) is 0 Å². The van der Waals surface area contributed by atoms with Gasteiger partial charge in [0.05, 0.1) is 24.1 Å². The van der Waals surface area contributed by atoms with E-state index in [1.54, 1.807) is 11.1 Å². The number of carbonyl (C=O) groups excluding carboxylic acids is 1. The fourth-order valence-electron chi connectivity index (χ4n) is 3.59. The van der Waals surface area contributed by atoms with E-state index in [4.69, 9.17) is 0 Å². The van der Waals surface area contributed by atoms with E-state index in [0.717, 1.165) is 33.8 Å². The monoisotopic (exact) mass is 399 g/mol. The number of nitrogens with zero attached hydrogens (tertiary/aromatic N) is 4. The van der Waals surface area contributed by atoms with Gasteiger partial charge in [0.25, 0.3) is 5.91 Å². The van der Waals surface area contributed by atoms with Crippen LogP contribution in [-0.2, 0) is 13.1 Å². The van der Waals surface area contributed by atoms with Gasteiger partial charge >= 0.3 is 0 Å². The molecule has 152 valence electrons. The highest BCUT2D eigenvalue weighted by atomic mass is 16.2. The van der Waals surface area contributed by atoms with Crippen molar-refractivity contribution in [3.63, 3.8) is 0 Å². The minimum Gasteiger partial charge on any atom is -0.337 e. The lowest BCUT2D eigenvalue weighted by Crippen LogP contribution is -2.26. The first-order chi connectivity index (χ1) is 14.5. The Labute approximate surface area is 176 Å². The molecule has 0 spiro atoms. The van der Waals surface area contributed by atoms with Crippen LogP contribution in [0.15, 0.2) is 66.9 Å². The van der Waals surface area contributed by atoms with E-state index in [1.165, 1.54) is 0 Å². The van der Waals surface area contributed by atoms with E-state index in [-0.39, 0.29) is 5.91 Å². The summed E-state index contributed by atoms with van der Waals surface area (Å²) in [5.74, 6) is -0.0205. The van der Waals surface area contributed by atoms with Crippen molar-refractivity contribution < 1.29 is 4.79 Å². The molecule has 0 saturated carbocycles. The number of amides is 1. The van der Waals surface area contributed by atoms with Crippen LogP contribution in [0, 0.1) is 13.8 Å². The number of rotatable bonds is 6. The molecule has 1 N–H and O–H groups in total. The second-order valence-electron chi connectivity index (χ2n) is 7.58. The summed E-state index contributed by atoms with van der Waals surface area (Å²) in [7, 11) is 1.81. The maximum absolute atomic E-state index is 12.9. The van der Waals surface area contributed by atoms with Crippen molar-refractivity contribution in [2.24, 2.45) is 0 Å². The fourth-order valence-corrected chi connectivity index (χ4v) is 3.59. The molecular weight excluding hydrogens is 374 g/mol. The number of carbonyl (C=O) groups is 1. The van der Waals surface area contributed by atoms with E-state index in [0.29, 0.717) is 18.7 Å². The summed E-state index contributed by atoms with van der Waals surface area (Å²) in [6.45, 7) is 5.21. The molecule has 0 aliphatic heterocycles. The molecule has 1 amide bonds. The highest BCUT2D eigenvalue weighted by molar-refractivity contribution is 5.94. The van der Waals surface area contributed by atoms with Crippen LogP contribution in [0.1, 0.15) is 32.9 Å². The van der Waals surface area contributed by atoms with Crippen LogP contribution < -0.4 is 0 Å². The maximum Gasteiger partial charge on any atom is 0.253 e. The third kappa shape index (κ3) is 4.17. The van der Waals surface area contributed by atoms with Gasteiger partial charge in [0.2, 0.25) is 0 Å².